The van der Waals surface area contributed by atoms with Gasteiger partial charge in [-0.25, -0.2) is 0 Å². The maximum atomic E-state index is 11.7. The molecule has 0 saturated heterocycles. The predicted octanol–water partition coefficient (Wildman–Crippen LogP) is 1.26. The van der Waals surface area contributed by atoms with Crippen LogP contribution in [0.5, 0.6) is 0 Å². The summed E-state index contributed by atoms with van der Waals surface area (Å²) in [5.74, 6) is -0.150. The second-order valence-corrected chi connectivity index (χ2v) is 4.29. The second kappa shape index (κ2) is 8.53. The van der Waals surface area contributed by atoms with Crippen molar-refractivity contribution >= 4 is 5.97 Å². The van der Waals surface area contributed by atoms with Crippen LogP contribution >= 0.6 is 0 Å². The second-order valence-electron chi connectivity index (χ2n) is 4.29. The third kappa shape index (κ3) is 6.08. The lowest BCUT2D eigenvalue weighted by Gasteiger charge is -2.26. The molecule has 0 amide bonds. The number of likely N-dealkylation sites (N-methyl/N-ethyl adjacent to an activating group) is 1. The van der Waals surface area contributed by atoms with Crippen molar-refractivity contribution in [2.45, 2.75) is 46.2 Å². The van der Waals surface area contributed by atoms with Crippen LogP contribution in [-0.4, -0.2) is 49.7 Å². The van der Waals surface area contributed by atoms with E-state index in [1.807, 2.05) is 14.0 Å². The first-order valence-electron chi connectivity index (χ1n) is 6.13. The van der Waals surface area contributed by atoms with E-state index < -0.39 is 0 Å². The molecular weight excluding hydrogens is 204 g/mol. The Balaban J connectivity index is 4.24. The minimum atomic E-state index is -0.215. The molecular formula is C12H26N2O2. The van der Waals surface area contributed by atoms with Crippen molar-refractivity contribution in [3.63, 3.8) is 0 Å². The molecule has 0 aromatic heterocycles. The monoisotopic (exact) mass is 230 g/mol. The van der Waals surface area contributed by atoms with Gasteiger partial charge in [0.05, 0.1) is 6.61 Å². The summed E-state index contributed by atoms with van der Waals surface area (Å²) in [6.07, 6.45) is 1.02. The van der Waals surface area contributed by atoms with Gasteiger partial charge < -0.3 is 15.0 Å². The van der Waals surface area contributed by atoms with Crippen LogP contribution in [0.1, 0.15) is 34.1 Å². The molecule has 4 heteroatoms. The van der Waals surface area contributed by atoms with Gasteiger partial charge in [-0.3, -0.25) is 4.79 Å². The highest BCUT2D eigenvalue weighted by atomic mass is 16.5. The number of carbonyl (C=O) groups is 1. The molecule has 0 saturated carbocycles. The Morgan fingerprint density at radius 2 is 2.00 bits per heavy atom. The maximum absolute atomic E-state index is 11.7. The average Bonchev–Trinajstić information content (AvgIpc) is 2.23. The molecule has 0 heterocycles. The molecule has 16 heavy (non-hydrogen) atoms. The van der Waals surface area contributed by atoms with Crippen molar-refractivity contribution < 1.29 is 9.53 Å². The summed E-state index contributed by atoms with van der Waals surface area (Å²) >= 11 is 0. The van der Waals surface area contributed by atoms with E-state index in [-0.39, 0.29) is 12.0 Å². The predicted molar refractivity (Wildman–Crippen MR) is 66.5 cm³/mol. The molecule has 0 aromatic carbocycles. The number of esters is 1. The zero-order valence-corrected chi connectivity index (χ0v) is 11.2. The maximum Gasteiger partial charge on any atom is 0.324 e. The van der Waals surface area contributed by atoms with Crippen LogP contribution in [0.3, 0.4) is 0 Å². The van der Waals surface area contributed by atoms with E-state index in [4.69, 9.17) is 4.74 Å². The number of rotatable bonds is 8. The van der Waals surface area contributed by atoms with Gasteiger partial charge >= 0.3 is 5.97 Å². The van der Waals surface area contributed by atoms with Crippen molar-refractivity contribution in [3.8, 4) is 0 Å². The Morgan fingerprint density at radius 1 is 1.38 bits per heavy atom. The molecule has 0 fully saturated rings. The molecule has 0 aliphatic rings. The van der Waals surface area contributed by atoms with Crippen LogP contribution in [0, 0.1) is 0 Å². The highest BCUT2D eigenvalue weighted by Crippen LogP contribution is 1.99. The first kappa shape index (κ1) is 15.4. The van der Waals surface area contributed by atoms with Crippen molar-refractivity contribution in [1.82, 2.24) is 10.2 Å². The normalized spacial score (nSPS) is 13.2. The summed E-state index contributed by atoms with van der Waals surface area (Å²) in [6.45, 7) is 10.1. The molecule has 1 unspecified atom stereocenters. The molecule has 0 bridgehead atoms. The van der Waals surface area contributed by atoms with E-state index in [1.165, 1.54) is 0 Å². The first-order chi connectivity index (χ1) is 7.52. The fraction of sp³-hybridized carbons (Fsp3) is 0.917. The Hall–Kier alpha value is -0.610. The molecule has 1 N–H and O–H groups in total. The van der Waals surface area contributed by atoms with Crippen molar-refractivity contribution in [2.75, 3.05) is 26.7 Å². The van der Waals surface area contributed by atoms with Crippen LogP contribution in [0.15, 0.2) is 0 Å². The van der Waals surface area contributed by atoms with Crippen LogP contribution in [0.25, 0.3) is 0 Å². The van der Waals surface area contributed by atoms with E-state index in [9.17, 15) is 4.79 Å². The van der Waals surface area contributed by atoms with Gasteiger partial charge in [0, 0.05) is 12.6 Å². The van der Waals surface area contributed by atoms with Crippen LogP contribution in [0.2, 0.25) is 0 Å². The van der Waals surface area contributed by atoms with Gasteiger partial charge in [0.2, 0.25) is 0 Å². The number of ether oxygens (including phenoxy) is 1. The third-order valence-electron chi connectivity index (χ3n) is 2.56. The molecule has 1 atom stereocenters. The highest BCUT2D eigenvalue weighted by Gasteiger charge is 2.21. The van der Waals surface area contributed by atoms with Crippen molar-refractivity contribution in [3.05, 3.63) is 0 Å². The van der Waals surface area contributed by atoms with E-state index in [1.54, 1.807) is 0 Å². The van der Waals surface area contributed by atoms with Gasteiger partial charge in [0.25, 0.3) is 0 Å². The summed E-state index contributed by atoms with van der Waals surface area (Å²) in [4.78, 5) is 13.8. The van der Waals surface area contributed by atoms with Gasteiger partial charge in [0.15, 0.2) is 0 Å². The number of nitrogens with zero attached hydrogens (tertiary/aromatic N) is 1. The van der Waals surface area contributed by atoms with E-state index >= 15 is 0 Å². The van der Waals surface area contributed by atoms with E-state index in [2.05, 4.69) is 31.0 Å². The van der Waals surface area contributed by atoms with Gasteiger partial charge in [-0.1, -0.05) is 6.92 Å². The van der Waals surface area contributed by atoms with E-state index in [0.717, 1.165) is 13.0 Å². The lowest BCUT2D eigenvalue weighted by molar-refractivity contribution is -0.146. The lowest BCUT2D eigenvalue weighted by Crippen LogP contribution is -2.47. The van der Waals surface area contributed by atoms with Crippen LogP contribution in [-0.2, 0) is 9.53 Å². The average molecular weight is 230 g/mol. The summed E-state index contributed by atoms with van der Waals surface area (Å²) in [5.41, 5.74) is 0. The van der Waals surface area contributed by atoms with Crippen molar-refractivity contribution in [1.29, 1.82) is 0 Å². The molecule has 0 spiro atoms. The van der Waals surface area contributed by atoms with Crippen LogP contribution in [0.4, 0.5) is 0 Å². The topological polar surface area (TPSA) is 41.6 Å². The molecule has 96 valence electrons. The number of nitrogens with one attached hydrogen (secondary N) is 1. The minimum Gasteiger partial charge on any atom is -0.465 e. The smallest absolute Gasteiger partial charge is 0.324 e. The largest absolute Gasteiger partial charge is 0.465 e. The standard InChI is InChI=1S/C12H26N2O2/c1-6-8-13-11(12(15)16-7-2)9-14(5)10(3)4/h10-11,13H,6-9H2,1-5H3. The lowest BCUT2D eigenvalue weighted by atomic mass is 10.2. The summed E-state index contributed by atoms with van der Waals surface area (Å²) < 4.78 is 5.05. The zero-order chi connectivity index (χ0) is 12.6. The van der Waals surface area contributed by atoms with Gasteiger partial charge in [0.1, 0.15) is 6.04 Å². The first-order valence-corrected chi connectivity index (χ1v) is 6.13. The van der Waals surface area contributed by atoms with Gasteiger partial charge in [-0.05, 0) is 40.8 Å². The molecule has 4 nitrogen and oxygen atoms in total. The molecule has 0 aliphatic carbocycles. The Bertz CT molecular complexity index is 195. The highest BCUT2D eigenvalue weighted by molar-refractivity contribution is 5.76. The minimum absolute atomic E-state index is 0.150. The number of hydrogen-bond acceptors (Lipinski definition) is 4. The fourth-order valence-electron chi connectivity index (χ4n) is 1.28. The molecule has 0 aromatic rings. The molecule has 0 radical (unpaired) electrons. The van der Waals surface area contributed by atoms with Crippen molar-refractivity contribution in [2.24, 2.45) is 0 Å². The quantitative estimate of drug-likeness (QED) is 0.637. The summed E-state index contributed by atoms with van der Waals surface area (Å²) in [5, 5.41) is 3.22. The Morgan fingerprint density at radius 3 is 2.44 bits per heavy atom. The van der Waals surface area contributed by atoms with E-state index in [0.29, 0.717) is 19.2 Å². The SMILES string of the molecule is CCCNC(CN(C)C(C)C)C(=O)OCC. The zero-order valence-electron chi connectivity index (χ0n) is 11.2. The van der Waals surface area contributed by atoms with Gasteiger partial charge in [-0.2, -0.15) is 0 Å². The number of hydrogen-bond donors (Lipinski definition) is 1. The fourth-order valence-corrected chi connectivity index (χ4v) is 1.28. The molecule has 0 aliphatic heterocycles. The Kier molecular flexibility index (Phi) is 8.21. The third-order valence-corrected chi connectivity index (χ3v) is 2.56. The summed E-state index contributed by atoms with van der Waals surface area (Å²) in [7, 11) is 2.02. The van der Waals surface area contributed by atoms with Gasteiger partial charge in [-0.15, -0.1) is 0 Å². The summed E-state index contributed by atoms with van der Waals surface area (Å²) in [6, 6.07) is 0.215. The van der Waals surface area contributed by atoms with Crippen LogP contribution < -0.4 is 5.32 Å². The number of carbonyl (C=O) groups excluding carboxylic acids is 1. The Labute approximate surface area is 99.3 Å². The molecule has 0 rings (SSSR count).